The van der Waals surface area contributed by atoms with Gasteiger partial charge in [-0.1, -0.05) is 0 Å². The van der Waals surface area contributed by atoms with Gasteiger partial charge < -0.3 is 5.32 Å². The lowest BCUT2D eigenvalue weighted by Crippen LogP contribution is -2.28. The summed E-state index contributed by atoms with van der Waals surface area (Å²) < 4.78 is 74.4. The van der Waals surface area contributed by atoms with E-state index in [-0.39, 0.29) is 17.4 Å². The predicted octanol–water partition coefficient (Wildman–Crippen LogP) is 2.21. The molecule has 1 aromatic heterocycles. The number of nitrogens with one attached hydrogen (secondary N) is 1. The van der Waals surface area contributed by atoms with Crippen LogP contribution in [0.15, 0.2) is 0 Å². The first-order chi connectivity index (χ1) is 7.18. The van der Waals surface area contributed by atoms with E-state index in [0.29, 0.717) is 0 Å². The van der Waals surface area contributed by atoms with E-state index in [0.717, 1.165) is 0 Å². The number of halogens is 6. The first-order valence-electron chi connectivity index (χ1n) is 3.86. The van der Waals surface area contributed by atoms with Gasteiger partial charge in [0.25, 0.3) is 0 Å². The monoisotopic (exact) mass is 265 g/mol. The van der Waals surface area contributed by atoms with E-state index in [2.05, 4.69) is 9.36 Å². The zero-order chi connectivity index (χ0) is 12.4. The molecule has 0 amide bonds. The Balaban J connectivity index is 2.48. The summed E-state index contributed by atoms with van der Waals surface area (Å²) in [6, 6.07) is 0. The Kier molecular flexibility index (Phi) is 3.73. The molecule has 0 saturated heterocycles. The van der Waals surface area contributed by atoms with Crippen molar-refractivity contribution < 1.29 is 26.3 Å². The molecule has 3 nitrogen and oxygen atoms in total. The molecule has 10 heteroatoms. The van der Waals surface area contributed by atoms with Gasteiger partial charge in [0.1, 0.15) is 0 Å². The summed E-state index contributed by atoms with van der Waals surface area (Å²) in [6.45, 7) is -1.75. The van der Waals surface area contributed by atoms with Gasteiger partial charge in [0.15, 0.2) is 5.82 Å². The molecule has 1 aromatic rings. The molecule has 1 N–H and O–H groups in total. The SMILES string of the molecule is FC(F)(F)CNCc1nsc(C(F)(F)F)n1. The van der Waals surface area contributed by atoms with Crippen LogP contribution in [0.25, 0.3) is 0 Å². The number of hydrogen-bond acceptors (Lipinski definition) is 4. The van der Waals surface area contributed by atoms with Crippen LogP contribution >= 0.6 is 11.5 Å². The summed E-state index contributed by atoms with van der Waals surface area (Å²) >= 11 is 0.107. The molecule has 1 heterocycles. The van der Waals surface area contributed by atoms with Crippen LogP contribution in [-0.2, 0) is 12.7 Å². The van der Waals surface area contributed by atoms with Crippen LogP contribution in [0, 0.1) is 0 Å². The molecule has 0 unspecified atom stereocenters. The highest BCUT2D eigenvalue weighted by atomic mass is 32.1. The van der Waals surface area contributed by atoms with Crippen molar-refractivity contribution in [2.45, 2.75) is 18.9 Å². The molecule has 0 aliphatic carbocycles. The Morgan fingerprint density at radius 3 is 2.19 bits per heavy atom. The number of alkyl halides is 6. The molecule has 0 bridgehead atoms. The van der Waals surface area contributed by atoms with Crippen LogP contribution in [0.2, 0.25) is 0 Å². The molecule has 1 rings (SSSR count). The van der Waals surface area contributed by atoms with Gasteiger partial charge in [-0.3, -0.25) is 0 Å². The van der Waals surface area contributed by atoms with Gasteiger partial charge in [0.2, 0.25) is 5.01 Å². The van der Waals surface area contributed by atoms with Gasteiger partial charge in [0.05, 0.1) is 13.1 Å². The average molecular weight is 265 g/mol. The van der Waals surface area contributed by atoms with Crippen LogP contribution in [0.3, 0.4) is 0 Å². The first kappa shape index (κ1) is 13.2. The van der Waals surface area contributed by atoms with Crippen LogP contribution in [-0.4, -0.2) is 22.1 Å². The summed E-state index contributed by atoms with van der Waals surface area (Å²) in [7, 11) is 0. The van der Waals surface area contributed by atoms with E-state index in [9.17, 15) is 26.3 Å². The summed E-state index contributed by atoms with van der Waals surface area (Å²) in [6.07, 6.45) is -9.02. The minimum atomic E-state index is -4.61. The highest BCUT2D eigenvalue weighted by Crippen LogP contribution is 2.30. The Hall–Kier alpha value is -0.900. The third-order valence-corrected chi connectivity index (χ3v) is 2.12. The van der Waals surface area contributed by atoms with Crippen LogP contribution < -0.4 is 5.32 Å². The van der Waals surface area contributed by atoms with E-state index in [1.54, 1.807) is 0 Å². The lowest BCUT2D eigenvalue weighted by molar-refractivity contribution is -0.137. The minimum absolute atomic E-state index is 0.107. The van der Waals surface area contributed by atoms with E-state index >= 15 is 0 Å². The van der Waals surface area contributed by atoms with Gasteiger partial charge in [-0.15, -0.1) is 0 Å². The van der Waals surface area contributed by atoms with Crippen molar-refractivity contribution in [3.63, 3.8) is 0 Å². The van der Waals surface area contributed by atoms with Crippen molar-refractivity contribution in [1.29, 1.82) is 0 Å². The zero-order valence-corrected chi connectivity index (χ0v) is 8.30. The fraction of sp³-hybridized carbons (Fsp3) is 0.667. The quantitative estimate of drug-likeness (QED) is 0.851. The topological polar surface area (TPSA) is 37.8 Å². The second kappa shape index (κ2) is 4.53. The fourth-order valence-electron chi connectivity index (χ4n) is 0.757. The van der Waals surface area contributed by atoms with Crippen molar-refractivity contribution in [3.05, 3.63) is 10.8 Å². The summed E-state index contributed by atoms with van der Waals surface area (Å²) in [5.41, 5.74) is 0. The first-order valence-corrected chi connectivity index (χ1v) is 4.63. The van der Waals surface area contributed by atoms with Gasteiger partial charge in [0, 0.05) is 0 Å². The molecule has 16 heavy (non-hydrogen) atoms. The Morgan fingerprint density at radius 1 is 1.12 bits per heavy atom. The standard InChI is InChI=1S/C6H5F6N3S/c7-5(8,9)2-13-1-3-14-4(16-15-3)6(10,11)12/h13H,1-2H2. The van der Waals surface area contributed by atoms with E-state index in [4.69, 9.17) is 0 Å². The number of hydrogen-bond donors (Lipinski definition) is 1. The molecule has 0 radical (unpaired) electrons. The molecule has 92 valence electrons. The second-order valence-corrected chi connectivity index (χ2v) is 3.48. The van der Waals surface area contributed by atoms with E-state index < -0.39 is 30.4 Å². The number of aromatic nitrogens is 2. The molecule has 0 atom stereocenters. The second-order valence-electron chi connectivity index (χ2n) is 2.73. The normalized spacial score (nSPS) is 13.1. The van der Waals surface area contributed by atoms with Crippen molar-refractivity contribution in [2.75, 3.05) is 6.54 Å². The summed E-state index contributed by atoms with van der Waals surface area (Å²) in [5.74, 6) is -0.304. The lowest BCUT2D eigenvalue weighted by atomic mass is 10.5. The van der Waals surface area contributed by atoms with Gasteiger partial charge in [-0.2, -0.15) is 30.7 Å². The van der Waals surface area contributed by atoms with E-state index in [1.165, 1.54) is 0 Å². The molecule has 0 aromatic carbocycles. The largest absolute Gasteiger partial charge is 0.444 e. The summed E-state index contributed by atoms with van der Waals surface area (Å²) in [4.78, 5) is 3.05. The van der Waals surface area contributed by atoms with Gasteiger partial charge >= 0.3 is 12.4 Å². The maximum absolute atomic E-state index is 12.0. The zero-order valence-electron chi connectivity index (χ0n) is 7.48. The van der Waals surface area contributed by atoms with Crippen LogP contribution in [0.5, 0.6) is 0 Å². The molecular weight excluding hydrogens is 260 g/mol. The highest BCUT2D eigenvalue weighted by Gasteiger charge is 2.35. The predicted molar refractivity (Wildman–Crippen MR) is 42.7 cm³/mol. The minimum Gasteiger partial charge on any atom is -0.302 e. The fourth-order valence-corrected chi connectivity index (χ4v) is 1.30. The molecular formula is C6H5F6N3S. The van der Waals surface area contributed by atoms with Crippen LogP contribution in [0.1, 0.15) is 10.8 Å². The van der Waals surface area contributed by atoms with E-state index in [1.807, 2.05) is 5.32 Å². The third kappa shape index (κ3) is 4.31. The molecule has 0 spiro atoms. The highest BCUT2D eigenvalue weighted by molar-refractivity contribution is 7.05. The smallest absolute Gasteiger partial charge is 0.302 e. The van der Waals surface area contributed by atoms with Crippen molar-refractivity contribution >= 4 is 11.5 Å². The van der Waals surface area contributed by atoms with Crippen LogP contribution in [0.4, 0.5) is 26.3 Å². The number of nitrogens with zero attached hydrogens (tertiary/aromatic N) is 2. The van der Waals surface area contributed by atoms with Gasteiger partial charge in [-0.05, 0) is 11.5 Å². The van der Waals surface area contributed by atoms with Gasteiger partial charge in [-0.25, -0.2) is 4.98 Å². The Labute approximate surface area is 89.7 Å². The Bertz CT molecular complexity index is 343. The molecule has 0 saturated carbocycles. The molecule has 0 fully saturated rings. The maximum Gasteiger partial charge on any atom is 0.444 e. The van der Waals surface area contributed by atoms with Crippen molar-refractivity contribution in [3.8, 4) is 0 Å². The molecule has 0 aliphatic rings. The average Bonchev–Trinajstić information content (AvgIpc) is 2.49. The number of rotatable bonds is 3. The lowest BCUT2D eigenvalue weighted by Gasteiger charge is -2.05. The summed E-state index contributed by atoms with van der Waals surface area (Å²) in [5, 5.41) is 0.726. The van der Waals surface area contributed by atoms with Crippen molar-refractivity contribution in [1.82, 2.24) is 14.7 Å². The maximum atomic E-state index is 12.0. The molecule has 0 aliphatic heterocycles. The Morgan fingerprint density at radius 2 is 1.75 bits per heavy atom. The third-order valence-electron chi connectivity index (χ3n) is 1.32. The van der Waals surface area contributed by atoms with Crippen molar-refractivity contribution in [2.24, 2.45) is 0 Å².